The SMILES string of the molecule is OC(c1ccc(Cl)cc1)C1CCN(c2ccccn2)CC1. The van der Waals surface area contributed by atoms with E-state index >= 15 is 0 Å². The van der Waals surface area contributed by atoms with E-state index in [1.54, 1.807) is 0 Å². The zero-order valence-corrected chi connectivity index (χ0v) is 12.6. The van der Waals surface area contributed by atoms with E-state index in [2.05, 4.69) is 9.88 Å². The fourth-order valence-corrected chi connectivity index (χ4v) is 3.04. The molecule has 3 rings (SSSR count). The number of nitrogens with zero attached hydrogens (tertiary/aromatic N) is 2. The second-order valence-corrected chi connectivity index (χ2v) is 5.95. The van der Waals surface area contributed by atoms with Crippen LogP contribution in [-0.2, 0) is 0 Å². The number of benzene rings is 1. The van der Waals surface area contributed by atoms with Crippen molar-refractivity contribution in [2.45, 2.75) is 18.9 Å². The molecule has 1 saturated heterocycles. The summed E-state index contributed by atoms with van der Waals surface area (Å²) < 4.78 is 0. The molecule has 0 aliphatic carbocycles. The Labute approximate surface area is 130 Å². The number of aliphatic hydroxyl groups excluding tert-OH is 1. The van der Waals surface area contributed by atoms with Gasteiger partial charge in [0.1, 0.15) is 5.82 Å². The van der Waals surface area contributed by atoms with E-state index in [-0.39, 0.29) is 0 Å². The molecule has 1 N–H and O–H groups in total. The number of rotatable bonds is 3. The quantitative estimate of drug-likeness (QED) is 0.939. The summed E-state index contributed by atoms with van der Waals surface area (Å²) in [6.45, 7) is 1.87. The molecule has 1 unspecified atom stereocenters. The molecule has 1 aromatic carbocycles. The largest absolute Gasteiger partial charge is 0.388 e. The van der Waals surface area contributed by atoms with Gasteiger partial charge in [0.2, 0.25) is 0 Å². The summed E-state index contributed by atoms with van der Waals surface area (Å²) in [5.74, 6) is 1.32. The molecule has 0 bridgehead atoms. The van der Waals surface area contributed by atoms with Gasteiger partial charge in [-0.2, -0.15) is 0 Å². The summed E-state index contributed by atoms with van der Waals surface area (Å²) >= 11 is 5.89. The fourth-order valence-electron chi connectivity index (χ4n) is 2.92. The summed E-state index contributed by atoms with van der Waals surface area (Å²) in [7, 11) is 0. The van der Waals surface area contributed by atoms with Crippen LogP contribution in [0.2, 0.25) is 5.02 Å². The molecule has 0 amide bonds. The first-order valence-electron chi connectivity index (χ1n) is 7.33. The van der Waals surface area contributed by atoms with Crippen LogP contribution in [0.15, 0.2) is 48.7 Å². The van der Waals surface area contributed by atoms with Crippen LogP contribution in [0.3, 0.4) is 0 Å². The lowest BCUT2D eigenvalue weighted by atomic mass is 9.87. The maximum Gasteiger partial charge on any atom is 0.128 e. The number of aromatic nitrogens is 1. The van der Waals surface area contributed by atoms with E-state index in [1.807, 2.05) is 48.7 Å². The maximum absolute atomic E-state index is 10.5. The second-order valence-electron chi connectivity index (χ2n) is 5.51. The van der Waals surface area contributed by atoms with Gasteiger partial charge in [-0.1, -0.05) is 29.8 Å². The number of piperidine rings is 1. The number of hydrogen-bond acceptors (Lipinski definition) is 3. The van der Waals surface area contributed by atoms with Gasteiger partial charge in [0.05, 0.1) is 6.10 Å². The van der Waals surface area contributed by atoms with Crippen molar-refractivity contribution in [3.63, 3.8) is 0 Å². The van der Waals surface area contributed by atoms with E-state index < -0.39 is 6.10 Å². The molecule has 21 heavy (non-hydrogen) atoms. The van der Waals surface area contributed by atoms with Gasteiger partial charge in [-0.25, -0.2) is 4.98 Å². The number of pyridine rings is 1. The molecule has 1 fully saturated rings. The monoisotopic (exact) mass is 302 g/mol. The van der Waals surface area contributed by atoms with Gasteiger partial charge >= 0.3 is 0 Å². The van der Waals surface area contributed by atoms with Crippen molar-refractivity contribution in [3.05, 3.63) is 59.2 Å². The van der Waals surface area contributed by atoms with Crippen molar-refractivity contribution in [2.75, 3.05) is 18.0 Å². The Morgan fingerprint density at radius 3 is 2.43 bits per heavy atom. The first kappa shape index (κ1) is 14.4. The van der Waals surface area contributed by atoms with Crippen molar-refractivity contribution in [1.29, 1.82) is 0 Å². The molecule has 110 valence electrons. The third-order valence-corrected chi connectivity index (χ3v) is 4.42. The third-order valence-electron chi connectivity index (χ3n) is 4.17. The van der Waals surface area contributed by atoms with Crippen molar-refractivity contribution < 1.29 is 5.11 Å². The molecule has 2 aromatic rings. The molecule has 4 heteroatoms. The summed E-state index contributed by atoms with van der Waals surface area (Å²) in [6, 6.07) is 13.5. The van der Waals surface area contributed by atoms with Crippen molar-refractivity contribution in [3.8, 4) is 0 Å². The zero-order chi connectivity index (χ0) is 14.7. The highest BCUT2D eigenvalue weighted by Crippen LogP contribution is 2.32. The van der Waals surface area contributed by atoms with Crippen LogP contribution in [-0.4, -0.2) is 23.2 Å². The van der Waals surface area contributed by atoms with Crippen LogP contribution >= 0.6 is 11.6 Å². The molecule has 1 aliphatic heterocycles. The Bertz CT molecular complexity index is 565. The maximum atomic E-state index is 10.5. The van der Waals surface area contributed by atoms with Crippen LogP contribution in [0.5, 0.6) is 0 Å². The number of aliphatic hydroxyl groups is 1. The van der Waals surface area contributed by atoms with Gasteiger partial charge in [-0.05, 0) is 48.6 Å². The Hall–Kier alpha value is -1.58. The van der Waals surface area contributed by atoms with Gasteiger partial charge in [0.15, 0.2) is 0 Å². The van der Waals surface area contributed by atoms with Crippen LogP contribution in [0.1, 0.15) is 24.5 Å². The lowest BCUT2D eigenvalue weighted by Crippen LogP contribution is -2.36. The topological polar surface area (TPSA) is 36.4 Å². The summed E-state index contributed by atoms with van der Waals surface area (Å²) in [5, 5.41) is 11.2. The molecule has 0 saturated carbocycles. The highest BCUT2D eigenvalue weighted by atomic mass is 35.5. The minimum Gasteiger partial charge on any atom is -0.388 e. The molecule has 0 spiro atoms. The van der Waals surface area contributed by atoms with Crippen molar-refractivity contribution in [2.24, 2.45) is 5.92 Å². The summed E-state index contributed by atoms with van der Waals surface area (Å²) in [6.07, 6.45) is 3.36. The lowest BCUT2D eigenvalue weighted by molar-refractivity contribution is 0.0929. The summed E-state index contributed by atoms with van der Waals surface area (Å²) in [5.41, 5.74) is 0.954. The van der Waals surface area contributed by atoms with Gasteiger partial charge in [-0.15, -0.1) is 0 Å². The molecule has 0 radical (unpaired) electrons. The van der Waals surface area contributed by atoms with Gasteiger partial charge in [-0.3, -0.25) is 0 Å². The van der Waals surface area contributed by atoms with E-state index in [1.165, 1.54) is 0 Å². The average molecular weight is 303 g/mol. The van der Waals surface area contributed by atoms with Crippen LogP contribution < -0.4 is 4.90 Å². The minimum atomic E-state index is -0.409. The average Bonchev–Trinajstić information content (AvgIpc) is 2.56. The van der Waals surface area contributed by atoms with Crippen LogP contribution in [0.4, 0.5) is 5.82 Å². The fraction of sp³-hybridized carbons (Fsp3) is 0.353. The molecular weight excluding hydrogens is 284 g/mol. The van der Waals surface area contributed by atoms with E-state index in [0.717, 1.165) is 37.3 Å². The van der Waals surface area contributed by atoms with E-state index in [0.29, 0.717) is 10.9 Å². The van der Waals surface area contributed by atoms with Crippen LogP contribution in [0.25, 0.3) is 0 Å². The Kier molecular flexibility index (Phi) is 4.42. The standard InChI is InChI=1S/C17H19ClN2O/c18-15-6-4-13(5-7-15)17(21)14-8-11-20(12-9-14)16-3-1-2-10-19-16/h1-7,10,14,17,21H,8-9,11-12H2. The normalized spacial score (nSPS) is 17.7. The third kappa shape index (κ3) is 3.36. The van der Waals surface area contributed by atoms with Gasteiger partial charge in [0, 0.05) is 24.3 Å². The molecule has 2 heterocycles. The first-order valence-corrected chi connectivity index (χ1v) is 7.71. The van der Waals surface area contributed by atoms with Crippen molar-refractivity contribution >= 4 is 17.4 Å². The van der Waals surface area contributed by atoms with E-state index in [9.17, 15) is 5.11 Å². The predicted molar refractivity (Wildman–Crippen MR) is 85.6 cm³/mol. The highest BCUT2D eigenvalue weighted by molar-refractivity contribution is 6.30. The molecule has 3 nitrogen and oxygen atoms in total. The van der Waals surface area contributed by atoms with Gasteiger partial charge in [0.25, 0.3) is 0 Å². The predicted octanol–water partition coefficient (Wildman–Crippen LogP) is 3.69. The minimum absolute atomic E-state index is 0.297. The number of anilines is 1. The Morgan fingerprint density at radius 1 is 1.10 bits per heavy atom. The number of hydrogen-bond donors (Lipinski definition) is 1. The lowest BCUT2D eigenvalue weighted by Gasteiger charge is -2.35. The molecular formula is C17H19ClN2O. The highest BCUT2D eigenvalue weighted by Gasteiger charge is 2.26. The van der Waals surface area contributed by atoms with Gasteiger partial charge < -0.3 is 10.0 Å². The smallest absolute Gasteiger partial charge is 0.128 e. The zero-order valence-electron chi connectivity index (χ0n) is 11.8. The Morgan fingerprint density at radius 2 is 1.81 bits per heavy atom. The summed E-state index contributed by atoms with van der Waals surface area (Å²) in [4.78, 5) is 6.67. The Balaban J connectivity index is 1.61. The van der Waals surface area contributed by atoms with Crippen molar-refractivity contribution in [1.82, 2.24) is 4.98 Å². The first-order chi connectivity index (χ1) is 10.2. The second kappa shape index (κ2) is 6.46. The van der Waals surface area contributed by atoms with E-state index in [4.69, 9.17) is 11.6 Å². The molecule has 1 atom stereocenters. The molecule has 1 aliphatic rings. The van der Waals surface area contributed by atoms with Crippen LogP contribution in [0, 0.1) is 5.92 Å². The molecule has 1 aromatic heterocycles. The number of halogens is 1.